The van der Waals surface area contributed by atoms with Gasteiger partial charge in [-0.2, -0.15) is 13.2 Å². The first kappa shape index (κ1) is 20.2. The number of carbonyl (C=O) groups is 1. The average Bonchev–Trinajstić information content (AvgIpc) is 3.00. The van der Waals surface area contributed by atoms with Crippen LogP contribution in [-0.2, 0) is 5.60 Å². The van der Waals surface area contributed by atoms with Gasteiger partial charge in [0.15, 0.2) is 0 Å². The Morgan fingerprint density at radius 2 is 2.00 bits per heavy atom. The van der Waals surface area contributed by atoms with Crippen LogP contribution in [0, 0.1) is 17.0 Å². The second-order valence-electron chi connectivity index (χ2n) is 5.71. The molecule has 0 aliphatic rings. The van der Waals surface area contributed by atoms with Crippen LogP contribution in [0.1, 0.15) is 17.9 Å². The number of rotatable bonds is 6. The monoisotopic (exact) mass is 387 g/mol. The van der Waals surface area contributed by atoms with Crippen molar-refractivity contribution in [3.8, 4) is 0 Å². The van der Waals surface area contributed by atoms with Gasteiger partial charge in [-0.15, -0.1) is 0 Å². The molecular formula is C16H16F3N3O5. The lowest BCUT2D eigenvalue weighted by atomic mass is 9.96. The van der Waals surface area contributed by atoms with Crippen LogP contribution in [0.3, 0.4) is 0 Å². The Morgan fingerprint density at radius 1 is 1.30 bits per heavy atom. The Hall–Kier alpha value is -3.08. The molecule has 0 bridgehead atoms. The molecule has 3 N–H and O–H groups in total. The molecule has 0 aliphatic heterocycles. The maximum atomic E-state index is 13.3. The first-order chi connectivity index (χ1) is 12.5. The van der Waals surface area contributed by atoms with Crippen molar-refractivity contribution >= 4 is 17.4 Å². The number of benzene rings is 1. The fourth-order valence-corrected chi connectivity index (χ4v) is 2.29. The van der Waals surface area contributed by atoms with E-state index >= 15 is 0 Å². The molecule has 0 radical (unpaired) electrons. The summed E-state index contributed by atoms with van der Waals surface area (Å²) < 4.78 is 44.8. The summed E-state index contributed by atoms with van der Waals surface area (Å²) in [4.78, 5) is 21.8. The highest BCUT2D eigenvalue weighted by molar-refractivity contribution is 5.89. The molecule has 1 aromatic heterocycles. The van der Waals surface area contributed by atoms with Crippen LogP contribution >= 0.6 is 0 Å². The Kier molecular flexibility index (Phi) is 5.74. The molecule has 11 heteroatoms. The highest BCUT2D eigenvalue weighted by Gasteiger charge is 2.56. The minimum absolute atomic E-state index is 0.0921. The van der Waals surface area contributed by atoms with E-state index in [9.17, 15) is 33.2 Å². The summed E-state index contributed by atoms with van der Waals surface area (Å²) in [7, 11) is 0. The van der Waals surface area contributed by atoms with E-state index in [0.717, 1.165) is 12.1 Å². The van der Waals surface area contributed by atoms with Crippen LogP contribution in [0.15, 0.2) is 40.8 Å². The quantitative estimate of drug-likeness (QED) is 0.518. The van der Waals surface area contributed by atoms with Crippen LogP contribution in [-0.4, -0.2) is 28.8 Å². The number of furan rings is 1. The van der Waals surface area contributed by atoms with Gasteiger partial charge in [0.25, 0.3) is 5.69 Å². The van der Waals surface area contributed by atoms with Crippen LogP contribution in [0.2, 0.25) is 0 Å². The van der Waals surface area contributed by atoms with Crippen LogP contribution in [0.25, 0.3) is 0 Å². The molecular weight excluding hydrogens is 371 g/mol. The molecule has 0 unspecified atom stereocenters. The number of non-ortho nitro benzene ring substituents is 1. The van der Waals surface area contributed by atoms with Crippen LogP contribution in [0.5, 0.6) is 0 Å². The third kappa shape index (κ3) is 4.76. The molecule has 1 aromatic carbocycles. The third-order valence-corrected chi connectivity index (χ3v) is 3.70. The Bertz CT molecular complexity index is 837. The number of hydrogen-bond acceptors (Lipinski definition) is 5. The summed E-state index contributed by atoms with van der Waals surface area (Å²) in [6.07, 6.45) is -5.90. The van der Waals surface area contributed by atoms with E-state index in [1.54, 1.807) is 0 Å². The SMILES string of the molecule is Cc1ccc([C@@](O)(CCNC(=O)Nc2cccc([N+](=O)[O-])c2)C(F)(F)F)o1. The zero-order valence-corrected chi connectivity index (χ0v) is 14.0. The number of nitro benzene ring substituents is 1. The van der Waals surface area contributed by atoms with Crippen molar-refractivity contribution in [3.05, 3.63) is 58.0 Å². The molecule has 0 saturated heterocycles. The fraction of sp³-hybridized carbons (Fsp3) is 0.312. The number of aliphatic hydroxyl groups is 1. The van der Waals surface area contributed by atoms with Crippen molar-refractivity contribution in [1.29, 1.82) is 0 Å². The molecule has 8 nitrogen and oxygen atoms in total. The van der Waals surface area contributed by atoms with Crippen molar-refractivity contribution in [3.63, 3.8) is 0 Å². The van der Waals surface area contributed by atoms with Gasteiger partial charge in [-0.25, -0.2) is 4.79 Å². The number of amides is 2. The highest BCUT2D eigenvalue weighted by atomic mass is 19.4. The normalized spacial score (nSPS) is 13.7. The zero-order chi connectivity index (χ0) is 20.2. The lowest BCUT2D eigenvalue weighted by Crippen LogP contribution is -2.45. The Balaban J connectivity index is 1.99. The molecule has 146 valence electrons. The van der Waals surface area contributed by atoms with Crippen LogP contribution in [0.4, 0.5) is 29.3 Å². The molecule has 2 rings (SSSR count). The largest absolute Gasteiger partial charge is 0.463 e. The van der Waals surface area contributed by atoms with E-state index in [2.05, 4.69) is 10.6 Å². The van der Waals surface area contributed by atoms with Crippen molar-refractivity contribution in [2.24, 2.45) is 0 Å². The number of nitro groups is 1. The van der Waals surface area contributed by atoms with Crippen molar-refractivity contribution in [2.75, 3.05) is 11.9 Å². The van der Waals surface area contributed by atoms with E-state index in [1.165, 1.54) is 31.2 Å². The van der Waals surface area contributed by atoms with Crippen molar-refractivity contribution < 1.29 is 32.4 Å². The van der Waals surface area contributed by atoms with Gasteiger partial charge in [-0.3, -0.25) is 10.1 Å². The molecule has 27 heavy (non-hydrogen) atoms. The maximum Gasteiger partial charge on any atom is 0.424 e. The summed E-state index contributed by atoms with van der Waals surface area (Å²) in [5.74, 6) is -0.475. The van der Waals surface area contributed by atoms with Gasteiger partial charge in [0.05, 0.1) is 4.92 Å². The van der Waals surface area contributed by atoms with E-state index in [0.29, 0.717) is 0 Å². The molecule has 0 aliphatic carbocycles. The van der Waals surface area contributed by atoms with E-state index in [-0.39, 0.29) is 17.1 Å². The molecule has 1 heterocycles. The van der Waals surface area contributed by atoms with Crippen molar-refractivity contribution in [2.45, 2.75) is 25.1 Å². The van der Waals surface area contributed by atoms with Gasteiger partial charge >= 0.3 is 12.2 Å². The summed E-state index contributed by atoms with van der Waals surface area (Å²) in [5.41, 5.74) is -3.43. The lowest BCUT2D eigenvalue weighted by Gasteiger charge is -2.28. The first-order valence-corrected chi connectivity index (χ1v) is 7.68. The average molecular weight is 387 g/mol. The van der Waals surface area contributed by atoms with E-state index in [1.807, 2.05) is 0 Å². The molecule has 1 atom stereocenters. The van der Waals surface area contributed by atoms with Gasteiger partial charge in [-0.05, 0) is 25.1 Å². The number of halogens is 3. The smallest absolute Gasteiger partial charge is 0.424 e. The number of alkyl halides is 3. The minimum Gasteiger partial charge on any atom is -0.463 e. The van der Waals surface area contributed by atoms with Crippen molar-refractivity contribution in [1.82, 2.24) is 5.32 Å². The highest BCUT2D eigenvalue weighted by Crippen LogP contribution is 2.42. The summed E-state index contributed by atoms with van der Waals surface area (Å²) >= 11 is 0. The number of aryl methyl sites for hydroxylation is 1. The third-order valence-electron chi connectivity index (χ3n) is 3.70. The van der Waals surface area contributed by atoms with E-state index in [4.69, 9.17) is 4.42 Å². The van der Waals surface area contributed by atoms with Gasteiger partial charge in [0.2, 0.25) is 5.60 Å². The number of nitrogens with zero attached hydrogens (tertiary/aromatic N) is 1. The summed E-state index contributed by atoms with van der Waals surface area (Å²) in [6, 6.07) is 6.46. The lowest BCUT2D eigenvalue weighted by molar-refractivity contribution is -0.384. The molecule has 2 aromatic rings. The summed E-state index contributed by atoms with van der Waals surface area (Å²) in [6.45, 7) is 0.904. The maximum absolute atomic E-state index is 13.3. The number of carbonyl (C=O) groups excluding carboxylic acids is 1. The number of anilines is 1. The fourth-order valence-electron chi connectivity index (χ4n) is 2.29. The molecule has 2 amide bonds. The molecule has 0 spiro atoms. The number of hydrogen-bond donors (Lipinski definition) is 3. The standard InChI is InChI=1S/C16H16F3N3O5/c1-10-5-6-13(27-10)15(24,16(17,18)19)7-8-20-14(23)21-11-3-2-4-12(9-11)22(25)26/h2-6,9,24H,7-8H2,1H3,(H2,20,21,23)/t15-/m0/s1. The molecule has 0 fully saturated rings. The Morgan fingerprint density at radius 3 is 2.56 bits per heavy atom. The second-order valence-corrected chi connectivity index (χ2v) is 5.71. The van der Waals surface area contributed by atoms with Gasteiger partial charge in [-0.1, -0.05) is 6.07 Å². The van der Waals surface area contributed by atoms with Crippen LogP contribution < -0.4 is 10.6 Å². The van der Waals surface area contributed by atoms with E-state index < -0.39 is 41.5 Å². The van der Waals surface area contributed by atoms with Gasteiger partial charge in [0, 0.05) is 30.8 Å². The predicted molar refractivity (Wildman–Crippen MR) is 88.1 cm³/mol. The predicted octanol–water partition coefficient (Wildman–Crippen LogP) is 3.46. The first-order valence-electron chi connectivity index (χ1n) is 7.68. The summed E-state index contributed by atoms with van der Waals surface area (Å²) in [5, 5.41) is 25.2. The number of urea groups is 1. The number of nitrogens with one attached hydrogen (secondary N) is 2. The van der Waals surface area contributed by atoms with Gasteiger partial charge in [0.1, 0.15) is 11.5 Å². The minimum atomic E-state index is -5.02. The zero-order valence-electron chi connectivity index (χ0n) is 14.0. The topological polar surface area (TPSA) is 118 Å². The van der Waals surface area contributed by atoms with Gasteiger partial charge < -0.3 is 20.2 Å². The Labute approximate surface area is 151 Å². The molecule has 0 saturated carbocycles. The second kappa shape index (κ2) is 7.66.